The highest BCUT2D eigenvalue weighted by molar-refractivity contribution is 5.70. The van der Waals surface area contributed by atoms with E-state index < -0.39 is 23.3 Å². The average molecular weight is 222 g/mol. The van der Waals surface area contributed by atoms with Crippen LogP contribution in [0.25, 0.3) is 0 Å². The Morgan fingerprint density at radius 3 is 2.27 bits per heavy atom. The molecule has 0 fully saturated rings. The molecule has 15 heavy (non-hydrogen) atoms. The molecule has 0 heterocycles. The first-order valence-corrected chi connectivity index (χ1v) is 4.14. The largest absolute Gasteiger partial charge is 0.548 e. The van der Waals surface area contributed by atoms with E-state index in [2.05, 4.69) is 4.84 Å². The smallest absolute Gasteiger partial charge is 0.295 e. The molecule has 0 radical (unpaired) electrons. The summed E-state index contributed by atoms with van der Waals surface area (Å²) >= 11 is 0. The van der Waals surface area contributed by atoms with Crippen molar-refractivity contribution in [1.82, 2.24) is 0 Å². The fraction of sp³-hybridized carbons (Fsp3) is 0.857. The van der Waals surface area contributed by atoms with Crippen LogP contribution < -0.4 is 5.11 Å². The number of aliphatic hydroxyl groups excluding tert-OH is 1. The highest BCUT2D eigenvalue weighted by atomic mass is 17.0. The molecular formula is C7H14N2O6. The zero-order valence-electron chi connectivity index (χ0n) is 8.74. The maximum atomic E-state index is 10.5. The molecule has 0 saturated carbocycles. The van der Waals surface area contributed by atoms with Gasteiger partial charge in [0, 0.05) is 0 Å². The molecule has 0 aromatic carbocycles. The molecule has 1 N–H and O–H groups in total. The number of hydrogen-bond donors (Lipinski definition) is 1. The van der Waals surface area contributed by atoms with Gasteiger partial charge in [-0.15, -0.1) is 10.1 Å². The molecule has 0 saturated heterocycles. The summed E-state index contributed by atoms with van der Waals surface area (Å²) in [6, 6.07) is 0. The Kier molecular flexibility index (Phi) is 4.43. The van der Waals surface area contributed by atoms with Gasteiger partial charge in [-0.1, -0.05) is 0 Å². The van der Waals surface area contributed by atoms with Gasteiger partial charge in [-0.2, -0.15) is 0 Å². The molecule has 8 nitrogen and oxygen atoms in total. The summed E-state index contributed by atoms with van der Waals surface area (Å²) in [5.41, 5.74) is 0. The molecule has 0 aromatic heterocycles. The lowest BCUT2D eigenvalue weighted by atomic mass is 10.2. The number of hydrogen-bond acceptors (Lipinski definition) is 6. The average Bonchev–Trinajstić information content (AvgIpc) is 1.95. The number of carbonyl (C=O) groups excluding carboxylic acids is 1. The van der Waals surface area contributed by atoms with Crippen molar-refractivity contribution >= 4 is 5.97 Å². The predicted molar refractivity (Wildman–Crippen MR) is 45.8 cm³/mol. The molecule has 0 aliphatic carbocycles. The van der Waals surface area contributed by atoms with Gasteiger partial charge in [-0.05, 0) is 0 Å². The molecule has 8 heteroatoms. The van der Waals surface area contributed by atoms with Crippen LogP contribution in [0.4, 0.5) is 0 Å². The molecule has 0 spiro atoms. The van der Waals surface area contributed by atoms with Crippen molar-refractivity contribution in [2.24, 2.45) is 0 Å². The maximum absolute atomic E-state index is 10.5. The highest BCUT2D eigenvalue weighted by Crippen LogP contribution is 2.04. The minimum Gasteiger partial charge on any atom is -0.548 e. The number of quaternary nitrogens is 1. The van der Waals surface area contributed by atoms with Crippen molar-refractivity contribution in [3.63, 3.8) is 0 Å². The summed E-state index contributed by atoms with van der Waals surface area (Å²) in [5.74, 6) is -1.81. The minimum atomic E-state index is -1.96. The SMILES string of the molecule is C[N+](C)(C)CC(O)[C@H](O[N+](=O)[O-])C(=O)[O-]. The van der Waals surface area contributed by atoms with Crippen molar-refractivity contribution in [3.05, 3.63) is 10.1 Å². The summed E-state index contributed by atoms with van der Waals surface area (Å²) < 4.78 is 0.242. The van der Waals surface area contributed by atoms with Crippen LogP contribution >= 0.6 is 0 Å². The number of carbonyl (C=O) groups is 1. The first kappa shape index (κ1) is 13.6. The van der Waals surface area contributed by atoms with E-state index in [4.69, 9.17) is 0 Å². The van der Waals surface area contributed by atoms with Gasteiger partial charge in [0.1, 0.15) is 12.6 Å². The normalized spacial score (nSPS) is 15.5. The fourth-order valence-electron chi connectivity index (χ4n) is 1.02. The van der Waals surface area contributed by atoms with Crippen LogP contribution in [0.5, 0.6) is 0 Å². The number of carboxylic acid groups (broad SMARTS) is 1. The Hall–Kier alpha value is -1.41. The van der Waals surface area contributed by atoms with Crippen LogP contribution in [0.2, 0.25) is 0 Å². The monoisotopic (exact) mass is 222 g/mol. The Bertz CT molecular complexity index is 248. The van der Waals surface area contributed by atoms with Crippen LogP contribution in [0.3, 0.4) is 0 Å². The van der Waals surface area contributed by atoms with E-state index in [0.717, 1.165) is 0 Å². The maximum Gasteiger partial charge on any atom is 0.295 e. The van der Waals surface area contributed by atoms with E-state index in [-0.39, 0.29) is 11.0 Å². The summed E-state index contributed by atoms with van der Waals surface area (Å²) in [4.78, 5) is 24.2. The van der Waals surface area contributed by atoms with Gasteiger partial charge in [-0.25, -0.2) is 0 Å². The second kappa shape index (κ2) is 4.89. The highest BCUT2D eigenvalue weighted by Gasteiger charge is 2.29. The molecule has 0 aliphatic heterocycles. The van der Waals surface area contributed by atoms with Gasteiger partial charge in [-0.3, -0.25) is 0 Å². The number of rotatable bonds is 6. The van der Waals surface area contributed by atoms with Gasteiger partial charge < -0.3 is 24.3 Å². The van der Waals surface area contributed by atoms with Crippen LogP contribution in [-0.2, 0) is 9.63 Å². The zero-order chi connectivity index (χ0) is 12.2. The third-order valence-corrected chi connectivity index (χ3v) is 1.52. The number of nitrogens with zero attached hydrogens (tertiary/aromatic N) is 2. The number of likely N-dealkylation sites (N-methyl/N-ethyl adjacent to an activating group) is 1. The molecule has 2 atom stereocenters. The summed E-state index contributed by atoms with van der Waals surface area (Å²) in [5, 5.41) is 28.5. The molecular weight excluding hydrogens is 208 g/mol. The Labute approximate surface area is 86.4 Å². The molecule has 0 aromatic rings. The first-order valence-electron chi connectivity index (χ1n) is 4.14. The van der Waals surface area contributed by atoms with E-state index in [1.54, 1.807) is 21.1 Å². The summed E-state index contributed by atoms with van der Waals surface area (Å²) in [7, 11) is 5.09. The molecule has 0 aliphatic rings. The van der Waals surface area contributed by atoms with Gasteiger partial charge in [0.05, 0.1) is 27.1 Å². The molecule has 0 amide bonds. The first-order chi connectivity index (χ1) is 6.63. The number of carboxylic acids is 1. The van der Waals surface area contributed by atoms with Crippen LogP contribution in [0.15, 0.2) is 0 Å². The molecule has 0 rings (SSSR count). The zero-order valence-corrected chi connectivity index (χ0v) is 8.74. The number of aliphatic hydroxyl groups is 1. The Morgan fingerprint density at radius 1 is 1.53 bits per heavy atom. The summed E-state index contributed by atoms with van der Waals surface area (Å²) in [6.45, 7) is -0.00745. The standard InChI is InChI=1S/C7H14N2O6/c1-9(2,3)4-5(10)6(7(11)12)15-8(13)14/h5-6,10H,4H2,1-3H3/t5?,6-/m0/s1. The van der Waals surface area contributed by atoms with Crippen molar-refractivity contribution in [2.75, 3.05) is 27.7 Å². The lowest BCUT2D eigenvalue weighted by Crippen LogP contribution is -2.53. The van der Waals surface area contributed by atoms with Crippen molar-refractivity contribution in [1.29, 1.82) is 0 Å². The Balaban J connectivity index is 4.49. The van der Waals surface area contributed by atoms with Crippen molar-refractivity contribution in [3.8, 4) is 0 Å². The van der Waals surface area contributed by atoms with Crippen LogP contribution in [-0.4, -0.2) is 60.5 Å². The van der Waals surface area contributed by atoms with E-state index in [9.17, 15) is 25.1 Å². The van der Waals surface area contributed by atoms with Gasteiger partial charge in [0.15, 0.2) is 6.10 Å². The Morgan fingerprint density at radius 2 is 2.00 bits per heavy atom. The quantitative estimate of drug-likeness (QED) is 0.299. The fourth-order valence-corrected chi connectivity index (χ4v) is 1.02. The van der Waals surface area contributed by atoms with Gasteiger partial charge in [0.25, 0.3) is 5.09 Å². The third-order valence-electron chi connectivity index (χ3n) is 1.52. The van der Waals surface area contributed by atoms with Crippen molar-refractivity contribution < 1.29 is 29.4 Å². The lowest BCUT2D eigenvalue weighted by Gasteiger charge is -2.30. The topological polar surface area (TPSA) is 113 Å². The molecule has 0 bridgehead atoms. The van der Waals surface area contributed by atoms with Crippen LogP contribution in [0, 0.1) is 10.1 Å². The lowest BCUT2D eigenvalue weighted by molar-refractivity contribution is -0.875. The molecule has 1 unspecified atom stereocenters. The second-order valence-corrected chi connectivity index (χ2v) is 4.11. The van der Waals surface area contributed by atoms with Crippen molar-refractivity contribution in [2.45, 2.75) is 12.2 Å². The van der Waals surface area contributed by atoms with E-state index in [1.807, 2.05) is 0 Å². The minimum absolute atomic E-state index is 0.00745. The number of aliphatic carboxylic acids is 1. The van der Waals surface area contributed by atoms with E-state index in [0.29, 0.717) is 0 Å². The van der Waals surface area contributed by atoms with E-state index in [1.165, 1.54) is 0 Å². The molecule has 88 valence electrons. The summed E-state index contributed by atoms with van der Waals surface area (Å²) in [6.07, 6.45) is -3.46. The van der Waals surface area contributed by atoms with E-state index >= 15 is 0 Å². The van der Waals surface area contributed by atoms with Gasteiger partial charge >= 0.3 is 0 Å². The third kappa shape index (κ3) is 5.81. The predicted octanol–water partition coefficient (Wildman–Crippen LogP) is -2.62. The van der Waals surface area contributed by atoms with Gasteiger partial charge in [0.2, 0.25) is 0 Å². The van der Waals surface area contributed by atoms with Crippen LogP contribution in [0.1, 0.15) is 0 Å². The second-order valence-electron chi connectivity index (χ2n) is 4.11.